The highest BCUT2D eigenvalue weighted by Gasteiger charge is 2.24. The third-order valence-electron chi connectivity index (χ3n) is 4.31. The number of nitrogens with zero attached hydrogens (tertiary/aromatic N) is 1. The summed E-state index contributed by atoms with van der Waals surface area (Å²) in [5.41, 5.74) is 3.12. The van der Waals surface area contributed by atoms with Gasteiger partial charge < -0.3 is 4.90 Å². The third-order valence-corrected chi connectivity index (χ3v) is 5.22. The van der Waals surface area contributed by atoms with Crippen LogP contribution in [0.1, 0.15) is 35.8 Å². The first-order valence-corrected chi connectivity index (χ1v) is 9.13. The molecular weight excluding hydrogens is 302 g/mol. The van der Waals surface area contributed by atoms with Gasteiger partial charge in [0.25, 0.3) is 5.91 Å². The van der Waals surface area contributed by atoms with Gasteiger partial charge in [0, 0.05) is 18.0 Å². The molecule has 1 aliphatic heterocycles. The van der Waals surface area contributed by atoms with Crippen LogP contribution >= 0.6 is 11.3 Å². The summed E-state index contributed by atoms with van der Waals surface area (Å²) in [6.07, 6.45) is 4.37. The number of carbonyl (C=O) groups is 1. The highest BCUT2D eigenvalue weighted by Crippen LogP contribution is 2.27. The van der Waals surface area contributed by atoms with E-state index in [1.807, 2.05) is 34.6 Å². The number of carbonyl (C=O) groups excluding carboxylic acids is 1. The van der Waals surface area contributed by atoms with E-state index in [0.29, 0.717) is 5.92 Å². The second kappa shape index (κ2) is 7.14. The van der Waals surface area contributed by atoms with E-state index in [0.717, 1.165) is 35.5 Å². The standard InChI is InChI=1S/C20H23NOS/c1-15-6-3-8-17(12-15)13-18(19-9-5-11-23-19)20(22)21-10-4-7-16(2)14-21/h3,5-6,8-9,11-13,16H,4,7,10,14H2,1-2H3/b18-13+. The summed E-state index contributed by atoms with van der Waals surface area (Å²) in [4.78, 5) is 16.2. The van der Waals surface area contributed by atoms with Crippen molar-refractivity contribution in [3.05, 3.63) is 57.8 Å². The fourth-order valence-electron chi connectivity index (χ4n) is 3.14. The number of hydrogen-bond donors (Lipinski definition) is 0. The molecule has 120 valence electrons. The molecule has 1 amide bonds. The Morgan fingerprint density at radius 3 is 2.87 bits per heavy atom. The SMILES string of the molecule is Cc1cccc(/C=C(/C(=O)N2CCCC(C)C2)c2cccs2)c1. The molecule has 0 radical (unpaired) electrons. The summed E-state index contributed by atoms with van der Waals surface area (Å²) in [5.74, 6) is 0.761. The summed E-state index contributed by atoms with van der Waals surface area (Å²) in [5, 5.41) is 2.03. The van der Waals surface area contributed by atoms with Crippen molar-refractivity contribution in [1.82, 2.24) is 4.90 Å². The van der Waals surface area contributed by atoms with E-state index in [4.69, 9.17) is 0 Å². The van der Waals surface area contributed by atoms with E-state index in [1.54, 1.807) is 11.3 Å². The lowest BCUT2D eigenvalue weighted by Crippen LogP contribution is -2.39. The van der Waals surface area contributed by atoms with Gasteiger partial charge in [0.15, 0.2) is 0 Å². The van der Waals surface area contributed by atoms with Crippen molar-refractivity contribution in [3.63, 3.8) is 0 Å². The number of aryl methyl sites for hydroxylation is 1. The number of rotatable bonds is 3. The molecule has 1 saturated heterocycles. The first kappa shape index (κ1) is 16.0. The molecule has 2 aromatic rings. The molecule has 2 heterocycles. The van der Waals surface area contributed by atoms with Gasteiger partial charge in [-0.25, -0.2) is 0 Å². The molecule has 3 rings (SSSR count). The van der Waals surface area contributed by atoms with Crippen LogP contribution in [0.4, 0.5) is 0 Å². The molecule has 1 unspecified atom stereocenters. The van der Waals surface area contributed by atoms with Gasteiger partial charge in [-0.3, -0.25) is 4.79 Å². The Morgan fingerprint density at radius 2 is 2.17 bits per heavy atom. The average Bonchev–Trinajstić information content (AvgIpc) is 3.06. The van der Waals surface area contributed by atoms with Gasteiger partial charge in [-0.05, 0) is 48.8 Å². The Morgan fingerprint density at radius 1 is 1.30 bits per heavy atom. The molecule has 1 atom stereocenters. The summed E-state index contributed by atoms with van der Waals surface area (Å²) in [6, 6.07) is 12.4. The van der Waals surface area contributed by atoms with Gasteiger partial charge in [-0.2, -0.15) is 0 Å². The van der Waals surface area contributed by atoms with Gasteiger partial charge >= 0.3 is 0 Å². The van der Waals surface area contributed by atoms with Crippen molar-refractivity contribution >= 4 is 28.9 Å². The lowest BCUT2D eigenvalue weighted by Gasteiger charge is -2.31. The van der Waals surface area contributed by atoms with E-state index in [9.17, 15) is 4.79 Å². The van der Waals surface area contributed by atoms with Gasteiger partial charge in [-0.1, -0.05) is 42.8 Å². The summed E-state index contributed by atoms with van der Waals surface area (Å²) in [7, 11) is 0. The minimum absolute atomic E-state index is 0.167. The van der Waals surface area contributed by atoms with Gasteiger partial charge in [-0.15, -0.1) is 11.3 Å². The smallest absolute Gasteiger partial charge is 0.255 e. The molecule has 2 nitrogen and oxygen atoms in total. The second-order valence-electron chi connectivity index (χ2n) is 6.45. The topological polar surface area (TPSA) is 20.3 Å². The van der Waals surface area contributed by atoms with Gasteiger partial charge in [0.05, 0.1) is 5.57 Å². The van der Waals surface area contributed by atoms with Crippen LogP contribution in [0.3, 0.4) is 0 Å². The Balaban J connectivity index is 1.94. The number of hydrogen-bond acceptors (Lipinski definition) is 2. The predicted octanol–water partition coefficient (Wildman–Crippen LogP) is 4.86. The fraction of sp³-hybridized carbons (Fsp3) is 0.350. The second-order valence-corrected chi connectivity index (χ2v) is 7.40. The van der Waals surface area contributed by atoms with Crippen molar-refractivity contribution in [2.75, 3.05) is 13.1 Å². The molecule has 1 aliphatic rings. The average molecular weight is 325 g/mol. The third kappa shape index (κ3) is 3.91. The Hall–Kier alpha value is -1.87. The maximum Gasteiger partial charge on any atom is 0.255 e. The van der Waals surface area contributed by atoms with Crippen LogP contribution in [0.2, 0.25) is 0 Å². The van der Waals surface area contributed by atoms with E-state index in [-0.39, 0.29) is 5.91 Å². The van der Waals surface area contributed by atoms with Crippen LogP contribution in [0.25, 0.3) is 11.6 Å². The monoisotopic (exact) mass is 325 g/mol. The number of likely N-dealkylation sites (tertiary alicyclic amines) is 1. The van der Waals surface area contributed by atoms with E-state index < -0.39 is 0 Å². The lowest BCUT2D eigenvalue weighted by molar-refractivity contribution is -0.126. The predicted molar refractivity (Wildman–Crippen MR) is 98.3 cm³/mol. The zero-order chi connectivity index (χ0) is 16.2. The van der Waals surface area contributed by atoms with Crippen LogP contribution < -0.4 is 0 Å². The molecule has 0 spiro atoms. The van der Waals surface area contributed by atoms with Crippen molar-refractivity contribution < 1.29 is 4.79 Å². The minimum Gasteiger partial charge on any atom is -0.338 e. The fourth-order valence-corrected chi connectivity index (χ4v) is 3.87. The number of thiophene rings is 1. The lowest BCUT2D eigenvalue weighted by atomic mass is 9.98. The molecule has 1 aromatic heterocycles. The summed E-state index contributed by atoms with van der Waals surface area (Å²) in [6.45, 7) is 6.06. The van der Waals surface area contributed by atoms with Crippen LogP contribution in [-0.4, -0.2) is 23.9 Å². The summed E-state index contributed by atoms with van der Waals surface area (Å²) < 4.78 is 0. The maximum atomic E-state index is 13.1. The van der Waals surface area contributed by atoms with Crippen molar-refractivity contribution in [1.29, 1.82) is 0 Å². The van der Waals surface area contributed by atoms with Crippen molar-refractivity contribution in [2.24, 2.45) is 5.92 Å². The highest BCUT2D eigenvalue weighted by molar-refractivity contribution is 7.11. The molecule has 0 bridgehead atoms. The first-order chi connectivity index (χ1) is 11.1. The normalized spacial score (nSPS) is 19.0. The first-order valence-electron chi connectivity index (χ1n) is 8.25. The zero-order valence-corrected chi connectivity index (χ0v) is 14.6. The quantitative estimate of drug-likeness (QED) is 0.738. The van der Waals surface area contributed by atoms with Crippen LogP contribution in [0, 0.1) is 12.8 Å². The molecule has 3 heteroatoms. The van der Waals surface area contributed by atoms with Gasteiger partial charge in [0.1, 0.15) is 0 Å². The Labute approximate surface area is 142 Å². The summed E-state index contributed by atoms with van der Waals surface area (Å²) >= 11 is 1.63. The number of benzene rings is 1. The van der Waals surface area contributed by atoms with Crippen LogP contribution in [0.15, 0.2) is 41.8 Å². The minimum atomic E-state index is 0.167. The molecule has 0 N–H and O–H groups in total. The van der Waals surface area contributed by atoms with E-state index in [2.05, 4.69) is 32.0 Å². The Bertz CT molecular complexity index is 702. The molecule has 23 heavy (non-hydrogen) atoms. The van der Waals surface area contributed by atoms with Crippen LogP contribution in [-0.2, 0) is 4.79 Å². The largest absolute Gasteiger partial charge is 0.338 e. The molecule has 1 aromatic carbocycles. The number of amides is 1. The van der Waals surface area contributed by atoms with Crippen LogP contribution in [0.5, 0.6) is 0 Å². The molecular formula is C20H23NOS. The highest BCUT2D eigenvalue weighted by atomic mass is 32.1. The molecule has 0 saturated carbocycles. The van der Waals surface area contributed by atoms with E-state index >= 15 is 0 Å². The zero-order valence-electron chi connectivity index (χ0n) is 13.8. The van der Waals surface area contributed by atoms with Crippen molar-refractivity contribution in [3.8, 4) is 0 Å². The molecule has 0 aliphatic carbocycles. The number of piperidine rings is 1. The van der Waals surface area contributed by atoms with Crippen molar-refractivity contribution in [2.45, 2.75) is 26.7 Å². The van der Waals surface area contributed by atoms with Gasteiger partial charge in [0.2, 0.25) is 0 Å². The van der Waals surface area contributed by atoms with E-state index in [1.165, 1.54) is 12.0 Å². The Kier molecular flexibility index (Phi) is 4.97. The maximum absolute atomic E-state index is 13.1. The molecule has 1 fully saturated rings.